The van der Waals surface area contributed by atoms with E-state index in [0.717, 1.165) is 28.7 Å². The van der Waals surface area contributed by atoms with Gasteiger partial charge in [0.25, 0.3) is 0 Å². The first-order valence-electron chi connectivity index (χ1n) is 9.54. The number of nitrogens with one attached hydrogen (secondary N) is 1. The number of rotatable bonds is 9. The molecule has 1 N–H and O–H groups in total. The van der Waals surface area contributed by atoms with Crippen molar-refractivity contribution in [3.8, 4) is 5.75 Å². The number of nitrogens with zero attached hydrogens (tertiary/aromatic N) is 1. The van der Waals surface area contributed by atoms with Gasteiger partial charge in [-0.05, 0) is 56.5 Å². The van der Waals surface area contributed by atoms with E-state index in [2.05, 4.69) is 5.32 Å². The van der Waals surface area contributed by atoms with Crippen molar-refractivity contribution in [1.82, 2.24) is 9.62 Å². The van der Waals surface area contributed by atoms with Gasteiger partial charge >= 0.3 is 0 Å². The van der Waals surface area contributed by atoms with Crippen LogP contribution >= 0.6 is 0 Å². The van der Waals surface area contributed by atoms with Gasteiger partial charge in [-0.1, -0.05) is 35.9 Å². The highest BCUT2D eigenvalue weighted by molar-refractivity contribution is 7.88. The first-order chi connectivity index (χ1) is 13.5. The molecule has 29 heavy (non-hydrogen) atoms. The standard InChI is InChI=1S/C22H30N2O4S/c1-16-6-9-20(10-7-16)13-24(29(5,26)27)14-22(25)23-19(4)15-28-21-11-8-17(2)18(3)12-21/h6-12,19H,13-15H2,1-5H3,(H,23,25)/t19-/m0/s1. The molecule has 0 saturated carbocycles. The second kappa shape index (κ2) is 9.89. The molecule has 0 fully saturated rings. The Hall–Kier alpha value is -2.38. The van der Waals surface area contributed by atoms with Crippen LogP contribution in [0.1, 0.15) is 29.2 Å². The Bertz CT molecular complexity index is 940. The van der Waals surface area contributed by atoms with E-state index in [9.17, 15) is 13.2 Å². The van der Waals surface area contributed by atoms with Crippen molar-refractivity contribution in [2.24, 2.45) is 0 Å². The smallest absolute Gasteiger partial charge is 0.235 e. The predicted octanol–water partition coefficient (Wildman–Crippen LogP) is 2.96. The minimum Gasteiger partial charge on any atom is -0.491 e. The summed E-state index contributed by atoms with van der Waals surface area (Å²) >= 11 is 0. The molecule has 2 rings (SSSR count). The third kappa shape index (κ3) is 7.51. The van der Waals surface area contributed by atoms with Gasteiger partial charge in [-0.15, -0.1) is 0 Å². The number of ether oxygens (including phenoxy) is 1. The molecule has 158 valence electrons. The summed E-state index contributed by atoms with van der Waals surface area (Å²) in [6.45, 7) is 8.05. The Labute approximate surface area is 173 Å². The van der Waals surface area contributed by atoms with Gasteiger partial charge in [0.2, 0.25) is 15.9 Å². The summed E-state index contributed by atoms with van der Waals surface area (Å²) < 4.78 is 31.1. The highest BCUT2D eigenvalue weighted by atomic mass is 32.2. The number of benzene rings is 2. The van der Waals surface area contributed by atoms with E-state index in [1.165, 1.54) is 9.87 Å². The lowest BCUT2D eigenvalue weighted by Crippen LogP contribution is -2.44. The van der Waals surface area contributed by atoms with Gasteiger partial charge < -0.3 is 10.1 Å². The molecule has 0 heterocycles. The summed E-state index contributed by atoms with van der Waals surface area (Å²) in [5, 5.41) is 2.80. The van der Waals surface area contributed by atoms with E-state index >= 15 is 0 Å². The largest absolute Gasteiger partial charge is 0.491 e. The molecule has 0 spiro atoms. The van der Waals surface area contributed by atoms with Crippen molar-refractivity contribution < 1.29 is 17.9 Å². The molecular weight excluding hydrogens is 388 g/mol. The summed E-state index contributed by atoms with van der Waals surface area (Å²) in [6.07, 6.45) is 1.11. The number of aryl methyl sites for hydroxylation is 3. The predicted molar refractivity (Wildman–Crippen MR) is 115 cm³/mol. The quantitative estimate of drug-likeness (QED) is 0.679. The number of hydrogen-bond acceptors (Lipinski definition) is 4. The highest BCUT2D eigenvalue weighted by Crippen LogP contribution is 2.16. The van der Waals surface area contributed by atoms with E-state index in [4.69, 9.17) is 4.74 Å². The molecule has 6 nitrogen and oxygen atoms in total. The number of carbonyl (C=O) groups excluding carboxylic acids is 1. The topological polar surface area (TPSA) is 75.7 Å². The normalized spacial score (nSPS) is 12.6. The Morgan fingerprint density at radius 3 is 2.31 bits per heavy atom. The molecule has 0 aliphatic carbocycles. The summed E-state index contributed by atoms with van der Waals surface area (Å²) in [7, 11) is -3.53. The molecule has 2 aromatic carbocycles. The fraction of sp³-hybridized carbons (Fsp3) is 0.409. The maximum Gasteiger partial charge on any atom is 0.235 e. The Morgan fingerprint density at radius 1 is 1.07 bits per heavy atom. The van der Waals surface area contributed by atoms with Crippen LogP contribution in [0.2, 0.25) is 0 Å². The summed E-state index contributed by atoms with van der Waals surface area (Å²) in [4.78, 5) is 12.4. The average Bonchev–Trinajstić information content (AvgIpc) is 2.63. The first-order valence-corrected chi connectivity index (χ1v) is 11.4. The molecule has 1 amide bonds. The summed E-state index contributed by atoms with van der Waals surface area (Å²) in [5.41, 5.74) is 4.25. The number of carbonyl (C=O) groups is 1. The van der Waals surface area contributed by atoms with Gasteiger partial charge in [0, 0.05) is 6.54 Å². The minimum absolute atomic E-state index is 0.153. The van der Waals surface area contributed by atoms with Crippen LogP contribution in [-0.2, 0) is 21.4 Å². The second-order valence-electron chi connectivity index (χ2n) is 7.54. The van der Waals surface area contributed by atoms with E-state index < -0.39 is 10.0 Å². The fourth-order valence-corrected chi connectivity index (χ4v) is 3.47. The number of hydrogen-bond donors (Lipinski definition) is 1. The maximum atomic E-state index is 12.4. The van der Waals surface area contributed by atoms with Crippen LogP contribution in [0, 0.1) is 20.8 Å². The van der Waals surface area contributed by atoms with Crippen LogP contribution in [-0.4, -0.2) is 44.1 Å². The monoisotopic (exact) mass is 418 g/mol. The Kier molecular flexibility index (Phi) is 7.81. The van der Waals surface area contributed by atoms with Gasteiger partial charge in [-0.3, -0.25) is 4.79 Å². The van der Waals surface area contributed by atoms with Crippen LogP contribution in [0.4, 0.5) is 0 Å². The molecule has 7 heteroatoms. The lowest BCUT2D eigenvalue weighted by atomic mass is 10.1. The van der Waals surface area contributed by atoms with Crippen LogP contribution < -0.4 is 10.1 Å². The van der Waals surface area contributed by atoms with Crippen molar-refractivity contribution in [2.75, 3.05) is 19.4 Å². The average molecular weight is 419 g/mol. The van der Waals surface area contributed by atoms with Crippen LogP contribution in [0.15, 0.2) is 42.5 Å². The summed E-state index contributed by atoms with van der Waals surface area (Å²) in [6, 6.07) is 13.1. The molecule has 0 aromatic heterocycles. The molecule has 0 bridgehead atoms. The molecule has 0 saturated heterocycles. The van der Waals surface area contributed by atoms with Crippen molar-refractivity contribution >= 4 is 15.9 Å². The van der Waals surface area contributed by atoms with E-state index in [-0.39, 0.29) is 25.0 Å². The van der Waals surface area contributed by atoms with E-state index in [0.29, 0.717) is 6.61 Å². The van der Waals surface area contributed by atoms with Gasteiger partial charge in [-0.2, -0.15) is 4.31 Å². The highest BCUT2D eigenvalue weighted by Gasteiger charge is 2.21. The van der Waals surface area contributed by atoms with Gasteiger partial charge in [0.05, 0.1) is 18.8 Å². The lowest BCUT2D eigenvalue weighted by Gasteiger charge is -2.21. The van der Waals surface area contributed by atoms with Gasteiger partial charge in [0.15, 0.2) is 0 Å². The zero-order chi connectivity index (χ0) is 21.6. The van der Waals surface area contributed by atoms with Crippen LogP contribution in [0.3, 0.4) is 0 Å². The van der Waals surface area contributed by atoms with Gasteiger partial charge in [0.1, 0.15) is 12.4 Å². The van der Waals surface area contributed by atoms with Crippen molar-refractivity contribution in [2.45, 2.75) is 40.3 Å². The van der Waals surface area contributed by atoms with Crippen molar-refractivity contribution in [1.29, 1.82) is 0 Å². The van der Waals surface area contributed by atoms with Crippen LogP contribution in [0.5, 0.6) is 5.75 Å². The summed E-state index contributed by atoms with van der Waals surface area (Å²) in [5.74, 6) is 0.380. The zero-order valence-corrected chi connectivity index (χ0v) is 18.5. The first kappa shape index (κ1) is 22.9. The van der Waals surface area contributed by atoms with Crippen LogP contribution in [0.25, 0.3) is 0 Å². The second-order valence-corrected chi connectivity index (χ2v) is 9.52. The molecule has 0 radical (unpaired) electrons. The number of sulfonamides is 1. The van der Waals surface area contributed by atoms with E-state index in [1.54, 1.807) is 0 Å². The van der Waals surface area contributed by atoms with Gasteiger partial charge in [-0.25, -0.2) is 8.42 Å². The van der Waals surface area contributed by atoms with Crippen molar-refractivity contribution in [3.05, 3.63) is 64.7 Å². The molecular formula is C22H30N2O4S. The van der Waals surface area contributed by atoms with E-state index in [1.807, 2.05) is 70.2 Å². The zero-order valence-electron chi connectivity index (χ0n) is 17.7. The Morgan fingerprint density at radius 2 is 1.72 bits per heavy atom. The third-order valence-corrected chi connectivity index (χ3v) is 5.85. The molecule has 1 atom stereocenters. The molecule has 0 unspecified atom stereocenters. The maximum absolute atomic E-state index is 12.4. The lowest BCUT2D eigenvalue weighted by molar-refractivity contribution is -0.122. The number of amides is 1. The SMILES string of the molecule is Cc1ccc(CN(CC(=O)N[C@@H](C)COc2ccc(C)c(C)c2)S(C)(=O)=O)cc1. The van der Waals surface area contributed by atoms with Crippen molar-refractivity contribution in [3.63, 3.8) is 0 Å². The molecule has 0 aliphatic rings. The molecule has 2 aromatic rings. The third-order valence-electron chi connectivity index (χ3n) is 4.65. The molecule has 0 aliphatic heterocycles. The fourth-order valence-electron chi connectivity index (χ4n) is 2.73. The minimum atomic E-state index is -3.53. The Balaban J connectivity index is 1.91.